The van der Waals surface area contributed by atoms with Crippen LogP contribution in [0.5, 0.6) is 0 Å². The van der Waals surface area contributed by atoms with Crippen molar-refractivity contribution in [3.05, 3.63) is 0 Å². The molecular formula is C36H71NO9. The van der Waals surface area contributed by atoms with Gasteiger partial charge in [0.15, 0.2) is 6.29 Å². The lowest BCUT2D eigenvalue weighted by atomic mass is 9.99. The number of ether oxygens (including phenoxy) is 2. The van der Waals surface area contributed by atoms with Crippen LogP contribution in [0.25, 0.3) is 0 Å². The highest BCUT2D eigenvalue weighted by Crippen LogP contribution is 2.23. The predicted octanol–water partition coefficient (Wildman–Crippen LogP) is 5.02. The van der Waals surface area contributed by atoms with Crippen LogP contribution in [-0.4, -0.2) is 98.7 Å². The zero-order valence-electron chi connectivity index (χ0n) is 29.2. The molecule has 7 N–H and O–H groups in total. The minimum Gasteiger partial charge on any atom is -0.394 e. The Morgan fingerprint density at radius 3 is 1.54 bits per heavy atom. The Morgan fingerprint density at radius 2 is 1.09 bits per heavy atom. The van der Waals surface area contributed by atoms with Crippen LogP contribution in [0.15, 0.2) is 0 Å². The average molecular weight is 662 g/mol. The van der Waals surface area contributed by atoms with Crippen LogP contribution in [0.2, 0.25) is 0 Å². The summed E-state index contributed by atoms with van der Waals surface area (Å²) in [5.74, 6) is -0.587. The van der Waals surface area contributed by atoms with E-state index in [0.717, 1.165) is 51.4 Å². The fourth-order valence-corrected chi connectivity index (χ4v) is 6.11. The van der Waals surface area contributed by atoms with Gasteiger partial charge in [-0.3, -0.25) is 4.79 Å². The Kier molecular flexibility index (Phi) is 26.3. The van der Waals surface area contributed by atoms with Gasteiger partial charge in [0, 0.05) is 0 Å². The number of hydrogen-bond acceptors (Lipinski definition) is 9. The fraction of sp³-hybridized carbons (Fsp3) is 0.972. The zero-order chi connectivity index (χ0) is 34.0. The molecule has 0 aliphatic carbocycles. The first-order valence-corrected chi connectivity index (χ1v) is 18.8. The number of rotatable bonds is 30. The summed E-state index contributed by atoms with van der Waals surface area (Å²) in [7, 11) is 0. The highest BCUT2D eigenvalue weighted by molar-refractivity contribution is 5.80. The minimum atomic E-state index is -1.59. The van der Waals surface area contributed by atoms with Crippen molar-refractivity contribution in [1.29, 1.82) is 0 Å². The van der Waals surface area contributed by atoms with Crippen molar-refractivity contribution in [3.8, 4) is 0 Å². The Hall–Kier alpha value is -0.850. The summed E-state index contributed by atoms with van der Waals surface area (Å²) in [5.41, 5.74) is 0. The highest BCUT2D eigenvalue weighted by atomic mass is 16.7. The molecule has 10 nitrogen and oxygen atoms in total. The van der Waals surface area contributed by atoms with Crippen molar-refractivity contribution >= 4 is 5.91 Å². The van der Waals surface area contributed by atoms with Gasteiger partial charge in [0.25, 0.3) is 0 Å². The molecule has 0 aromatic carbocycles. The molecule has 46 heavy (non-hydrogen) atoms. The van der Waals surface area contributed by atoms with Crippen molar-refractivity contribution in [2.45, 2.75) is 210 Å². The van der Waals surface area contributed by atoms with E-state index in [2.05, 4.69) is 19.2 Å². The first kappa shape index (κ1) is 43.2. The van der Waals surface area contributed by atoms with Gasteiger partial charge in [-0.1, -0.05) is 149 Å². The third-order valence-corrected chi connectivity index (χ3v) is 9.32. The van der Waals surface area contributed by atoms with E-state index in [9.17, 15) is 35.4 Å². The molecule has 1 heterocycles. The van der Waals surface area contributed by atoms with Gasteiger partial charge in [0.05, 0.1) is 25.4 Å². The van der Waals surface area contributed by atoms with Crippen LogP contribution in [-0.2, 0) is 14.3 Å². The van der Waals surface area contributed by atoms with Crippen LogP contribution in [0.3, 0.4) is 0 Å². The van der Waals surface area contributed by atoms with Crippen molar-refractivity contribution in [3.63, 3.8) is 0 Å². The summed E-state index contributed by atoms with van der Waals surface area (Å²) in [5, 5.41) is 64.3. The molecule has 10 heteroatoms. The van der Waals surface area contributed by atoms with Gasteiger partial charge < -0.3 is 45.4 Å². The molecule has 1 rings (SSSR count). The Morgan fingerprint density at radius 1 is 0.652 bits per heavy atom. The first-order valence-electron chi connectivity index (χ1n) is 18.8. The molecular weight excluding hydrogens is 590 g/mol. The summed E-state index contributed by atoms with van der Waals surface area (Å²) >= 11 is 0. The van der Waals surface area contributed by atoms with Gasteiger partial charge in [-0.05, 0) is 12.8 Å². The van der Waals surface area contributed by atoms with E-state index in [-0.39, 0.29) is 6.61 Å². The Labute approximate surface area is 279 Å². The van der Waals surface area contributed by atoms with Gasteiger partial charge in [0.1, 0.15) is 30.5 Å². The second-order valence-corrected chi connectivity index (χ2v) is 13.5. The number of nitrogens with one attached hydrogen (secondary N) is 1. The Balaban J connectivity index is 2.51. The number of carbonyl (C=O) groups is 1. The third-order valence-electron chi connectivity index (χ3n) is 9.32. The fourth-order valence-electron chi connectivity index (χ4n) is 6.11. The number of aliphatic hydroxyl groups excluding tert-OH is 6. The molecule has 1 saturated heterocycles. The third kappa shape index (κ3) is 19.2. The van der Waals surface area contributed by atoms with Gasteiger partial charge in [-0.2, -0.15) is 0 Å². The highest BCUT2D eigenvalue weighted by Gasteiger charge is 2.44. The summed E-state index contributed by atoms with van der Waals surface area (Å²) in [4.78, 5) is 12.9. The lowest BCUT2D eigenvalue weighted by Gasteiger charge is -2.40. The van der Waals surface area contributed by atoms with E-state index >= 15 is 0 Å². The second kappa shape index (κ2) is 28.0. The first-order chi connectivity index (χ1) is 22.3. The van der Waals surface area contributed by atoms with E-state index in [4.69, 9.17) is 9.47 Å². The molecule has 1 aliphatic heterocycles. The molecule has 0 saturated carbocycles. The molecule has 0 aromatic rings. The van der Waals surface area contributed by atoms with Crippen molar-refractivity contribution in [1.82, 2.24) is 5.32 Å². The molecule has 8 unspecified atom stereocenters. The smallest absolute Gasteiger partial charge is 0.249 e. The normalized spacial score (nSPS) is 23.7. The molecule has 8 atom stereocenters. The van der Waals surface area contributed by atoms with E-state index in [1.807, 2.05) is 0 Å². The van der Waals surface area contributed by atoms with E-state index < -0.39 is 61.5 Å². The lowest BCUT2D eigenvalue weighted by molar-refractivity contribution is -0.302. The number of carbonyl (C=O) groups excluding carboxylic acids is 1. The van der Waals surface area contributed by atoms with Crippen LogP contribution >= 0.6 is 0 Å². The zero-order valence-corrected chi connectivity index (χ0v) is 29.2. The lowest BCUT2D eigenvalue weighted by Crippen LogP contribution is -2.60. The van der Waals surface area contributed by atoms with Gasteiger partial charge in [-0.25, -0.2) is 0 Å². The van der Waals surface area contributed by atoms with Gasteiger partial charge >= 0.3 is 0 Å². The standard InChI is InChI=1S/C36H71NO9/c1-3-5-7-9-11-13-14-15-17-18-20-22-24-29(39)28(27-45-36-34(43)33(42)32(41)31(26-38)46-36)37-35(44)30(40)25-23-21-19-16-12-10-8-6-4-2/h28-34,36,38-43H,3-27H2,1-2H3,(H,37,44). The largest absolute Gasteiger partial charge is 0.394 e. The maximum absolute atomic E-state index is 12.9. The average Bonchev–Trinajstić information content (AvgIpc) is 3.05. The maximum atomic E-state index is 12.9. The Bertz CT molecular complexity index is 713. The summed E-state index contributed by atoms with van der Waals surface area (Å²) in [6.07, 6.45) is 15.9. The van der Waals surface area contributed by atoms with Crippen molar-refractivity contribution < 1.29 is 44.9 Å². The van der Waals surface area contributed by atoms with Crippen LogP contribution in [0.1, 0.15) is 162 Å². The van der Waals surface area contributed by atoms with Crippen LogP contribution in [0.4, 0.5) is 0 Å². The second-order valence-electron chi connectivity index (χ2n) is 13.5. The van der Waals surface area contributed by atoms with Crippen molar-refractivity contribution in [2.75, 3.05) is 13.2 Å². The van der Waals surface area contributed by atoms with Crippen LogP contribution in [0, 0.1) is 0 Å². The number of amides is 1. The van der Waals surface area contributed by atoms with Gasteiger partial charge in [-0.15, -0.1) is 0 Å². The molecule has 1 amide bonds. The number of hydrogen-bond donors (Lipinski definition) is 7. The summed E-state index contributed by atoms with van der Waals surface area (Å²) < 4.78 is 11.1. The van der Waals surface area contributed by atoms with Gasteiger partial charge in [0.2, 0.25) is 5.91 Å². The van der Waals surface area contributed by atoms with E-state index in [1.165, 1.54) is 83.5 Å². The molecule has 0 radical (unpaired) electrons. The monoisotopic (exact) mass is 662 g/mol. The SMILES string of the molecule is CCCCCCCCCCCCCCC(O)C(COC1OC(CO)C(O)C(O)C1O)NC(=O)C(O)CCCCCCCCCCC. The number of unbranched alkanes of at least 4 members (excludes halogenated alkanes) is 19. The maximum Gasteiger partial charge on any atom is 0.249 e. The molecule has 1 aliphatic rings. The summed E-state index contributed by atoms with van der Waals surface area (Å²) in [6, 6.07) is -0.884. The predicted molar refractivity (Wildman–Crippen MR) is 181 cm³/mol. The molecule has 274 valence electrons. The van der Waals surface area contributed by atoms with E-state index in [0.29, 0.717) is 12.8 Å². The van der Waals surface area contributed by atoms with Crippen LogP contribution < -0.4 is 5.32 Å². The van der Waals surface area contributed by atoms with E-state index in [1.54, 1.807) is 0 Å². The van der Waals surface area contributed by atoms with Crippen molar-refractivity contribution in [2.24, 2.45) is 0 Å². The molecule has 0 spiro atoms. The molecule has 0 bridgehead atoms. The molecule has 0 aromatic heterocycles. The molecule has 1 fully saturated rings. The number of aliphatic hydroxyl groups is 6. The summed E-state index contributed by atoms with van der Waals surface area (Å²) in [6.45, 7) is 3.60. The minimum absolute atomic E-state index is 0.251. The quantitative estimate of drug-likeness (QED) is 0.0523. The topological polar surface area (TPSA) is 169 Å².